The predicted molar refractivity (Wildman–Crippen MR) is 83.8 cm³/mol. The average molecular weight is 332 g/mol. The second kappa shape index (κ2) is 8.03. The molecular formula is C11H14ClN5OS2. The van der Waals surface area contributed by atoms with Crippen molar-refractivity contribution in [1.82, 2.24) is 20.5 Å². The van der Waals surface area contributed by atoms with Crippen LogP contribution in [-0.2, 0) is 5.75 Å². The Morgan fingerprint density at radius 3 is 2.90 bits per heavy atom. The fraction of sp³-hybridized carbons (Fsp3) is 0.273. The molecule has 2 amide bonds. The average Bonchev–Trinajstić information content (AvgIpc) is 2.93. The Kier molecular flexibility index (Phi) is 6.69. The van der Waals surface area contributed by atoms with Crippen LogP contribution in [0.4, 0.5) is 9.93 Å². The summed E-state index contributed by atoms with van der Waals surface area (Å²) < 4.78 is 0.816. The van der Waals surface area contributed by atoms with Crippen LogP contribution in [0.5, 0.6) is 0 Å². The van der Waals surface area contributed by atoms with Crippen LogP contribution in [0.25, 0.3) is 0 Å². The highest BCUT2D eigenvalue weighted by atomic mass is 35.5. The van der Waals surface area contributed by atoms with Gasteiger partial charge in [0.2, 0.25) is 5.13 Å². The summed E-state index contributed by atoms with van der Waals surface area (Å²) in [7, 11) is 3.24. The number of nitrogens with zero attached hydrogens (tertiary/aromatic N) is 4. The third-order valence-corrected chi connectivity index (χ3v) is 4.44. The van der Waals surface area contributed by atoms with Crippen LogP contribution in [0.2, 0.25) is 0 Å². The summed E-state index contributed by atoms with van der Waals surface area (Å²) in [6, 6.07) is 5.59. The standard InChI is InChI=1S/C11H13N5OS2.ClH/c1-12-9(17)16(2)10-14-15-11(19-10)18-7-8-5-3-4-6-13-8;/h3-6H,7H2,1-2H3,(H,12,17);1H. The summed E-state index contributed by atoms with van der Waals surface area (Å²) in [5, 5.41) is 11.2. The van der Waals surface area contributed by atoms with Crippen molar-refractivity contribution in [2.75, 3.05) is 19.0 Å². The van der Waals surface area contributed by atoms with Crippen LogP contribution >= 0.6 is 35.5 Å². The first-order valence-corrected chi connectivity index (χ1v) is 7.32. The maximum Gasteiger partial charge on any atom is 0.323 e. The third-order valence-electron chi connectivity index (χ3n) is 2.27. The predicted octanol–water partition coefficient (Wildman–Crippen LogP) is 2.42. The number of anilines is 1. The lowest BCUT2D eigenvalue weighted by Gasteiger charge is -2.10. The quantitative estimate of drug-likeness (QED) is 0.688. The van der Waals surface area contributed by atoms with E-state index in [-0.39, 0.29) is 18.4 Å². The number of nitrogens with one attached hydrogen (secondary N) is 1. The number of thioether (sulfide) groups is 1. The van der Waals surface area contributed by atoms with Crippen molar-refractivity contribution in [2.45, 2.75) is 10.1 Å². The Morgan fingerprint density at radius 1 is 1.45 bits per heavy atom. The highest BCUT2D eigenvalue weighted by molar-refractivity contribution is 8.00. The lowest BCUT2D eigenvalue weighted by Crippen LogP contribution is -2.34. The molecule has 0 unspecified atom stereocenters. The van der Waals surface area contributed by atoms with Crippen LogP contribution in [0.3, 0.4) is 0 Å². The number of hydrogen-bond acceptors (Lipinski definition) is 6. The Labute approximate surface area is 131 Å². The van der Waals surface area contributed by atoms with Gasteiger partial charge in [-0.2, -0.15) is 0 Å². The minimum absolute atomic E-state index is 0. The number of aromatic nitrogens is 3. The highest BCUT2D eigenvalue weighted by Crippen LogP contribution is 2.29. The Bertz CT molecular complexity index is 551. The van der Waals surface area contributed by atoms with Gasteiger partial charge in [0.25, 0.3) is 0 Å². The minimum atomic E-state index is -0.211. The van der Waals surface area contributed by atoms with Crippen molar-refractivity contribution in [1.29, 1.82) is 0 Å². The smallest absolute Gasteiger partial charge is 0.323 e. The number of rotatable bonds is 4. The zero-order chi connectivity index (χ0) is 13.7. The second-order valence-electron chi connectivity index (χ2n) is 3.57. The van der Waals surface area contributed by atoms with E-state index in [0.717, 1.165) is 15.8 Å². The van der Waals surface area contributed by atoms with Gasteiger partial charge in [-0.05, 0) is 12.1 Å². The number of amides is 2. The largest absolute Gasteiger partial charge is 0.341 e. The highest BCUT2D eigenvalue weighted by Gasteiger charge is 2.14. The van der Waals surface area contributed by atoms with Gasteiger partial charge in [-0.15, -0.1) is 22.6 Å². The van der Waals surface area contributed by atoms with Gasteiger partial charge in [0.15, 0.2) is 4.34 Å². The molecule has 0 aromatic carbocycles. The van der Waals surface area contributed by atoms with Gasteiger partial charge in [0.1, 0.15) is 0 Å². The minimum Gasteiger partial charge on any atom is -0.341 e. The molecule has 0 aliphatic carbocycles. The molecule has 0 saturated carbocycles. The summed E-state index contributed by atoms with van der Waals surface area (Å²) in [6.45, 7) is 0. The molecule has 0 saturated heterocycles. The first-order chi connectivity index (χ1) is 9.20. The zero-order valence-corrected chi connectivity index (χ0v) is 13.4. The zero-order valence-electron chi connectivity index (χ0n) is 10.9. The third kappa shape index (κ3) is 4.32. The fourth-order valence-electron chi connectivity index (χ4n) is 1.27. The van der Waals surface area contributed by atoms with E-state index in [1.165, 1.54) is 16.2 Å². The Hall–Kier alpha value is -1.38. The van der Waals surface area contributed by atoms with Crippen LogP contribution in [0.1, 0.15) is 5.69 Å². The molecule has 2 heterocycles. The molecular weight excluding hydrogens is 318 g/mol. The van der Waals surface area contributed by atoms with Crippen molar-refractivity contribution < 1.29 is 4.79 Å². The van der Waals surface area contributed by atoms with Gasteiger partial charge >= 0.3 is 6.03 Å². The number of urea groups is 1. The van der Waals surface area contributed by atoms with Gasteiger partial charge < -0.3 is 5.32 Å². The molecule has 0 aliphatic heterocycles. The van der Waals surface area contributed by atoms with Crippen molar-refractivity contribution in [3.05, 3.63) is 30.1 Å². The Morgan fingerprint density at radius 2 is 2.25 bits per heavy atom. The lowest BCUT2D eigenvalue weighted by molar-refractivity contribution is 0.249. The van der Waals surface area contributed by atoms with Crippen LogP contribution in [0, 0.1) is 0 Å². The van der Waals surface area contributed by atoms with Gasteiger partial charge in [0.05, 0.1) is 5.69 Å². The van der Waals surface area contributed by atoms with E-state index in [0.29, 0.717) is 5.13 Å². The summed E-state index contributed by atoms with van der Waals surface area (Å²) in [4.78, 5) is 17.1. The van der Waals surface area contributed by atoms with Crippen molar-refractivity contribution in [3.8, 4) is 0 Å². The molecule has 2 aromatic heterocycles. The number of carbonyl (C=O) groups is 1. The van der Waals surface area contributed by atoms with E-state index in [1.54, 1.807) is 32.1 Å². The molecule has 0 radical (unpaired) electrons. The topological polar surface area (TPSA) is 71.0 Å². The molecule has 0 aliphatic rings. The van der Waals surface area contributed by atoms with E-state index in [4.69, 9.17) is 0 Å². The van der Waals surface area contributed by atoms with Gasteiger partial charge in [-0.3, -0.25) is 9.88 Å². The van der Waals surface area contributed by atoms with E-state index in [2.05, 4.69) is 20.5 Å². The number of pyridine rings is 1. The molecule has 6 nitrogen and oxygen atoms in total. The molecule has 108 valence electrons. The summed E-state index contributed by atoms with van der Waals surface area (Å²) in [5.74, 6) is 0.735. The van der Waals surface area contributed by atoms with Crippen molar-refractivity contribution in [2.24, 2.45) is 0 Å². The van der Waals surface area contributed by atoms with Crippen LogP contribution in [0.15, 0.2) is 28.7 Å². The van der Waals surface area contributed by atoms with Gasteiger partial charge in [-0.1, -0.05) is 29.2 Å². The maximum absolute atomic E-state index is 11.4. The van der Waals surface area contributed by atoms with Gasteiger partial charge in [0, 0.05) is 26.0 Å². The monoisotopic (exact) mass is 331 g/mol. The first-order valence-electron chi connectivity index (χ1n) is 5.52. The number of halogens is 1. The molecule has 0 spiro atoms. The first kappa shape index (κ1) is 16.7. The molecule has 0 bridgehead atoms. The molecule has 0 fully saturated rings. The SMILES string of the molecule is CNC(=O)N(C)c1nnc(SCc2ccccn2)s1.Cl. The molecule has 1 N–H and O–H groups in total. The molecule has 2 rings (SSSR count). The van der Waals surface area contributed by atoms with E-state index in [9.17, 15) is 4.79 Å². The fourth-order valence-corrected chi connectivity index (χ4v) is 2.99. The molecule has 2 aromatic rings. The normalized spacial score (nSPS) is 9.70. The molecule has 0 atom stereocenters. The second-order valence-corrected chi connectivity index (χ2v) is 5.75. The van der Waals surface area contributed by atoms with Crippen molar-refractivity contribution in [3.63, 3.8) is 0 Å². The van der Waals surface area contributed by atoms with E-state index in [1.807, 2.05) is 18.2 Å². The van der Waals surface area contributed by atoms with Gasteiger partial charge in [-0.25, -0.2) is 4.79 Å². The van der Waals surface area contributed by atoms with Crippen molar-refractivity contribution >= 4 is 46.7 Å². The number of carbonyl (C=O) groups excluding carboxylic acids is 1. The molecule has 9 heteroatoms. The van der Waals surface area contributed by atoms with E-state index >= 15 is 0 Å². The van der Waals surface area contributed by atoms with Crippen LogP contribution < -0.4 is 10.2 Å². The lowest BCUT2D eigenvalue weighted by atomic mass is 10.4. The summed E-state index contributed by atoms with van der Waals surface area (Å²) in [6.07, 6.45) is 1.76. The summed E-state index contributed by atoms with van der Waals surface area (Å²) >= 11 is 2.94. The number of hydrogen-bond donors (Lipinski definition) is 1. The maximum atomic E-state index is 11.4. The van der Waals surface area contributed by atoms with Crippen LogP contribution in [-0.4, -0.2) is 35.3 Å². The molecule has 20 heavy (non-hydrogen) atoms. The summed E-state index contributed by atoms with van der Waals surface area (Å²) in [5.41, 5.74) is 0.990. The van der Waals surface area contributed by atoms with E-state index < -0.39 is 0 Å². The Balaban J connectivity index is 0.00000200.